The number of urea groups is 1. The van der Waals surface area contributed by atoms with E-state index in [9.17, 15) is 54.0 Å². The number of carbonyl (C=O) groups is 7. The summed E-state index contributed by atoms with van der Waals surface area (Å²) in [5, 5.41) is 50.7. The molecule has 2 saturated heterocycles. The van der Waals surface area contributed by atoms with Gasteiger partial charge in [-0.3, -0.25) is 24.5 Å². The summed E-state index contributed by atoms with van der Waals surface area (Å²) >= 11 is 6.50. The van der Waals surface area contributed by atoms with Crippen LogP contribution >= 0.6 is 11.6 Å². The number of ether oxygens (including phenoxy) is 4. The zero-order chi connectivity index (χ0) is 47.7. The quantitative estimate of drug-likeness (QED) is 0.0630. The van der Waals surface area contributed by atoms with Crippen LogP contribution in [0.5, 0.6) is 5.75 Å². The average Bonchev–Trinajstić information content (AvgIpc) is 3.60. The lowest BCUT2D eigenvalue weighted by molar-refractivity contribution is -0.271. The van der Waals surface area contributed by atoms with Gasteiger partial charge in [-0.25, -0.2) is 14.4 Å². The summed E-state index contributed by atoms with van der Waals surface area (Å²) in [5.74, 6) is -3.33. The van der Waals surface area contributed by atoms with E-state index in [1.54, 1.807) is 36.4 Å². The number of hydrogen-bond donors (Lipinski definition) is 9. The van der Waals surface area contributed by atoms with Crippen LogP contribution in [-0.2, 0) is 59.5 Å². The Morgan fingerprint density at radius 1 is 0.970 bits per heavy atom. The lowest BCUT2D eigenvalue weighted by Crippen LogP contribution is -2.61. The van der Waals surface area contributed by atoms with Crippen LogP contribution in [0.4, 0.5) is 21.0 Å². The third-order valence-corrected chi connectivity index (χ3v) is 11.2. The highest BCUT2D eigenvalue weighted by atomic mass is 35.5. The third kappa shape index (κ3) is 12.3. The van der Waals surface area contributed by atoms with Gasteiger partial charge >= 0.3 is 18.1 Å². The number of piperidine rings is 1. The summed E-state index contributed by atoms with van der Waals surface area (Å²) in [5.41, 5.74) is 9.09. The molecular weight excluding hydrogens is 890 g/mol. The molecule has 6 atom stereocenters. The molecule has 23 heteroatoms. The number of carbonyl (C=O) groups excluding carboxylic acids is 6. The van der Waals surface area contributed by atoms with Crippen molar-refractivity contribution in [2.24, 2.45) is 5.73 Å². The van der Waals surface area contributed by atoms with Gasteiger partial charge in [0.2, 0.25) is 24.0 Å². The standard InChI is InChI=1S/C43H50ClN7O15/c1-50(43(62)64-21-23-3-8-31(29(17-23)48-33(53)10-12-45)65-41-36(56)34(54)35(55)37(66-41)40(59)60)13-15-63-14-11-24-4-5-26(18-28(24)44)47-42(61)46-19-22-2-6-27-25(16-22)20-51(39(27)58)30-7-9-32(52)49-38(30)57/h2-6,8,16-18,30,34-37,41,54-56H,7,9-15,19-21,45H2,1H3,(H,48,53)(H,59,60)(H2,46,47,61)(H,49,52,57)/t30?,34-,35-,36+,37-,41+/m0/s1. The van der Waals surface area contributed by atoms with Gasteiger partial charge in [-0.15, -0.1) is 0 Å². The van der Waals surface area contributed by atoms with Crippen molar-refractivity contribution < 1.29 is 72.9 Å². The summed E-state index contributed by atoms with van der Waals surface area (Å²) < 4.78 is 22.0. The second-order valence-corrected chi connectivity index (χ2v) is 16.0. The van der Waals surface area contributed by atoms with Gasteiger partial charge < -0.3 is 70.9 Å². The van der Waals surface area contributed by atoms with Crippen LogP contribution in [-0.4, -0.2) is 142 Å². The number of hydrogen-bond acceptors (Lipinski definition) is 15. The van der Waals surface area contributed by atoms with E-state index < -0.39 is 66.7 Å². The van der Waals surface area contributed by atoms with Gasteiger partial charge in [-0.1, -0.05) is 35.9 Å². The number of aliphatic carboxylic acids is 1. The van der Waals surface area contributed by atoms with Crippen LogP contribution in [0, 0.1) is 0 Å². The summed E-state index contributed by atoms with van der Waals surface area (Å²) in [6.45, 7) is 0.761. The van der Waals surface area contributed by atoms with Gasteiger partial charge in [0.15, 0.2) is 6.10 Å². The Hall–Kier alpha value is -6.40. The molecule has 3 aliphatic rings. The number of nitrogens with zero attached hydrogens (tertiary/aromatic N) is 2. The fraction of sp³-hybridized carbons (Fsp3) is 0.419. The number of nitrogens with two attached hydrogens (primary N) is 1. The maximum absolute atomic E-state index is 13.0. The Balaban J connectivity index is 0.908. The minimum absolute atomic E-state index is 0.0246. The number of imide groups is 1. The average molecular weight is 940 g/mol. The molecule has 0 spiro atoms. The normalized spacial score (nSPS) is 21.4. The number of anilines is 2. The van der Waals surface area contributed by atoms with Gasteiger partial charge in [-0.2, -0.15) is 0 Å². The van der Waals surface area contributed by atoms with Crippen molar-refractivity contribution in [2.45, 2.75) is 82.1 Å². The number of benzene rings is 3. The van der Waals surface area contributed by atoms with Gasteiger partial charge in [-0.05, 0) is 65.4 Å². The minimum atomic E-state index is -1.93. The first-order valence-corrected chi connectivity index (χ1v) is 21.2. The number of nitrogens with one attached hydrogen (secondary N) is 4. The fourth-order valence-electron chi connectivity index (χ4n) is 7.24. The molecule has 3 aromatic rings. The molecule has 0 bridgehead atoms. The van der Waals surface area contributed by atoms with Crippen LogP contribution in [0.25, 0.3) is 0 Å². The molecule has 0 aromatic heterocycles. The number of amides is 7. The number of likely N-dealkylation sites (N-methyl/N-ethyl adjacent to an activating group) is 1. The molecular formula is C43H50ClN7O15. The summed E-state index contributed by atoms with van der Waals surface area (Å²) in [6, 6.07) is 13.3. The predicted octanol–water partition coefficient (Wildman–Crippen LogP) is 0.809. The number of halogens is 1. The summed E-state index contributed by atoms with van der Waals surface area (Å²) in [7, 11) is 1.51. The van der Waals surface area contributed by atoms with E-state index in [1.165, 1.54) is 35.0 Å². The molecule has 66 heavy (non-hydrogen) atoms. The number of rotatable bonds is 18. The molecule has 0 aliphatic carbocycles. The van der Waals surface area contributed by atoms with E-state index in [0.717, 1.165) is 16.7 Å². The van der Waals surface area contributed by atoms with Crippen molar-refractivity contribution in [3.05, 3.63) is 87.4 Å². The predicted molar refractivity (Wildman–Crippen MR) is 231 cm³/mol. The molecule has 0 radical (unpaired) electrons. The Labute approximate surface area is 382 Å². The molecule has 1 unspecified atom stereocenters. The molecule has 2 fully saturated rings. The van der Waals surface area contributed by atoms with Crippen molar-refractivity contribution in [3.63, 3.8) is 0 Å². The lowest BCUT2D eigenvalue weighted by atomic mass is 9.99. The molecule has 10 N–H and O–H groups in total. The van der Waals surface area contributed by atoms with Crippen molar-refractivity contribution in [2.75, 3.05) is 44.0 Å². The maximum atomic E-state index is 13.0. The number of carboxylic acid groups (broad SMARTS) is 1. The molecule has 3 aliphatic heterocycles. The van der Waals surface area contributed by atoms with Crippen molar-refractivity contribution in [1.82, 2.24) is 20.4 Å². The van der Waals surface area contributed by atoms with Gasteiger partial charge in [0.05, 0.1) is 18.9 Å². The second kappa shape index (κ2) is 22.2. The highest BCUT2D eigenvalue weighted by Crippen LogP contribution is 2.32. The van der Waals surface area contributed by atoms with E-state index in [2.05, 4.69) is 21.3 Å². The van der Waals surface area contributed by atoms with Gasteiger partial charge in [0.1, 0.15) is 36.7 Å². The number of aliphatic hydroxyl groups excluding tert-OH is 3. The highest BCUT2D eigenvalue weighted by molar-refractivity contribution is 6.31. The van der Waals surface area contributed by atoms with Gasteiger partial charge in [0.25, 0.3) is 5.91 Å². The first kappa shape index (κ1) is 49.0. The Morgan fingerprint density at radius 2 is 1.74 bits per heavy atom. The van der Waals surface area contributed by atoms with Crippen molar-refractivity contribution in [3.8, 4) is 5.75 Å². The van der Waals surface area contributed by atoms with Crippen molar-refractivity contribution in [1.29, 1.82) is 0 Å². The van der Waals surface area contributed by atoms with Crippen molar-refractivity contribution >= 4 is 64.7 Å². The topological polar surface area (TPSA) is 318 Å². The fourth-order valence-corrected chi connectivity index (χ4v) is 7.52. The Morgan fingerprint density at radius 3 is 2.47 bits per heavy atom. The van der Waals surface area contributed by atoms with E-state index >= 15 is 0 Å². The minimum Gasteiger partial charge on any atom is -0.479 e. The third-order valence-electron chi connectivity index (χ3n) is 10.9. The van der Waals surface area contributed by atoms with E-state index in [1.807, 2.05) is 0 Å². The first-order chi connectivity index (χ1) is 31.5. The highest BCUT2D eigenvalue weighted by Gasteiger charge is 2.48. The monoisotopic (exact) mass is 939 g/mol. The molecule has 6 rings (SSSR count). The molecule has 3 heterocycles. The van der Waals surface area contributed by atoms with Crippen LogP contribution in [0.15, 0.2) is 54.6 Å². The molecule has 0 saturated carbocycles. The first-order valence-electron chi connectivity index (χ1n) is 20.8. The number of fused-ring (bicyclic) bond motifs is 1. The number of aliphatic hydroxyl groups is 3. The van der Waals surface area contributed by atoms with E-state index in [0.29, 0.717) is 28.3 Å². The SMILES string of the molecule is CN(CCOCCc1ccc(NC(=O)NCc2ccc3c(c2)CN(C2CCC(=O)NC2=O)C3=O)cc1Cl)C(=O)OCc1ccc(O[C@@H]2O[C@H](C(=O)O)[C@@H](O)[C@H](O)[C@H]2O)c(NC(=O)CCN)c1. The maximum Gasteiger partial charge on any atom is 0.409 e. The van der Waals surface area contributed by atoms with Crippen LogP contribution in [0.1, 0.15) is 51.9 Å². The zero-order valence-electron chi connectivity index (χ0n) is 35.6. The molecule has 354 valence electrons. The Kier molecular flexibility index (Phi) is 16.5. The van der Waals surface area contributed by atoms with Gasteiger partial charge in [0, 0.05) is 62.3 Å². The van der Waals surface area contributed by atoms with Crippen LogP contribution in [0.3, 0.4) is 0 Å². The zero-order valence-corrected chi connectivity index (χ0v) is 36.3. The van der Waals surface area contributed by atoms with E-state index in [-0.39, 0.29) is 88.5 Å². The van der Waals surface area contributed by atoms with Crippen LogP contribution in [0.2, 0.25) is 5.02 Å². The lowest BCUT2D eigenvalue weighted by Gasteiger charge is -2.38. The Bertz CT molecular complexity index is 2340. The molecule has 7 amide bonds. The molecule has 22 nitrogen and oxygen atoms in total. The second-order valence-electron chi connectivity index (χ2n) is 15.6. The largest absolute Gasteiger partial charge is 0.479 e. The summed E-state index contributed by atoms with van der Waals surface area (Å²) in [4.78, 5) is 89.1. The summed E-state index contributed by atoms with van der Waals surface area (Å²) in [6.07, 6.45) is -9.25. The smallest absolute Gasteiger partial charge is 0.409 e. The number of carboxylic acids is 1. The molecule has 3 aromatic carbocycles. The van der Waals surface area contributed by atoms with Crippen LogP contribution < -0.4 is 31.7 Å². The van der Waals surface area contributed by atoms with E-state index in [4.69, 9.17) is 36.3 Å².